The predicted molar refractivity (Wildman–Crippen MR) is 91.0 cm³/mol. The smallest absolute Gasteiger partial charge is 0.253 e. The zero-order valence-electron chi connectivity index (χ0n) is 13.0. The zero-order chi connectivity index (χ0) is 15.3. The highest BCUT2D eigenvalue weighted by molar-refractivity contribution is 6.76. The first kappa shape index (κ1) is 15.5. The Morgan fingerprint density at radius 2 is 1.43 bits per heavy atom. The maximum atomic E-state index is 12.8. The molecule has 0 aliphatic heterocycles. The molecule has 0 N–H and O–H groups in total. The zero-order valence-corrected chi connectivity index (χ0v) is 14.0. The molecule has 0 atom stereocenters. The number of rotatable bonds is 5. The lowest BCUT2D eigenvalue weighted by molar-refractivity contribution is 0.0769. The lowest BCUT2D eigenvalue weighted by Crippen LogP contribution is -2.43. The molecule has 2 nitrogen and oxygen atoms in total. The van der Waals surface area contributed by atoms with Crippen LogP contribution in [-0.2, 0) is 6.54 Å². The number of hydrogen-bond donors (Lipinski definition) is 0. The summed E-state index contributed by atoms with van der Waals surface area (Å²) in [5.74, 6) is 0.127. The van der Waals surface area contributed by atoms with E-state index < -0.39 is 8.07 Å². The van der Waals surface area contributed by atoms with E-state index in [1.807, 2.05) is 53.4 Å². The number of amides is 1. The van der Waals surface area contributed by atoms with Gasteiger partial charge in [0.15, 0.2) is 0 Å². The van der Waals surface area contributed by atoms with Crippen molar-refractivity contribution >= 4 is 14.0 Å². The largest absolute Gasteiger partial charge is 0.337 e. The maximum Gasteiger partial charge on any atom is 0.253 e. The summed E-state index contributed by atoms with van der Waals surface area (Å²) in [7, 11) is -1.36. The molecule has 110 valence electrons. The molecule has 3 heteroatoms. The van der Waals surface area contributed by atoms with Gasteiger partial charge in [0.1, 0.15) is 0 Å². The summed E-state index contributed by atoms with van der Waals surface area (Å²) in [4.78, 5) is 14.8. The van der Waals surface area contributed by atoms with E-state index in [1.54, 1.807) is 0 Å². The van der Waals surface area contributed by atoms with Crippen LogP contribution in [0.4, 0.5) is 0 Å². The molecule has 0 saturated carbocycles. The highest BCUT2D eigenvalue weighted by atomic mass is 28.3. The van der Waals surface area contributed by atoms with Gasteiger partial charge in [0.05, 0.1) is 8.07 Å². The SMILES string of the molecule is C[Si](C)(C)CN(Cc1ccccc1)C(=O)c1ccccc1. The molecule has 0 aliphatic carbocycles. The Bertz CT molecular complexity index is 575. The Balaban J connectivity index is 2.22. The standard InChI is InChI=1S/C18H23NOSi/c1-21(2,3)15-19(14-16-10-6-4-7-11-16)18(20)17-12-8-5-9-13-17/h4-13H,14-15H2,1-3H3. The average Bonchev–Trinajstić information content (AvgIpc) is 2.46. The van der Waals surface area contributed by atoms with Crippen LogP contribution in [-0.4, -0.2) is 25.0 Å². The van der Waals surface area contributed by atoms with E-state index in [0.717, 1.165) is 11.7 Å². The average molecular weight is 297 g/mol. The van der Waals surface area contributed by atoms with Gasteiger partial charge >= 0.3 is 0 Å². The fourth-order valence-electron chi connectivity index (χ4n) is 2.34. The lowest BCUT2D eigenvalue weighted by atomic mass is 10.1. The minimum atomic E-state index is -1.36. The molecule has 0 spiro atoms. The van der Waals surface area contributed by atoms with E-state index in [4.69, 9.17) is 0 Å². The van der Waals surface area contributed by atoms with Crippen molar-refractivity contribution < 1.29 is 4.79 Å². The van der Waals surface area contributed by atoms with Gasteiger partial charge in [-0.15, -0.1) is 0 Å². The van der Waals surface area contributed by atoms with Crippen LogP contribution >= 0.6 is 0 Å². The minimum absolute atomic E-state index is 0.127. The third-order valence-corrected chi connectivity index (χ3v) is 4.52. The van der Waals surface area contributed by atoms with E-state index >= 15 is 0 Å². The van der Waals surface area contributed by atoms with Gasteiger partial charge in [0, 0.05) is 18.3 Å². The van der Waals surface area contributed by atoms with Gasteiger partial charge in [0.25, 0.3) is 5.91 Å². The van der Waals surface area contributed by atoms with Crippen LogP contribution in [0, 0.1) is 0 Å². The number of nitrogens with zero attached hydrogens (tertiary/aromatic N) is 1. The molecule has 2 rings (SSSR count). The highest BCUT2D eigenvalue weighted by Crippen LogP contribution is 2.14. The van der Waals surface area contributed by atoms with E-state index in [9.17, 15) is 4.79 Å². The monoisotopic (exact) mass is 297 g/mol. The molecule has 0 saturated heterocycles. The van der Waals surface area contributed by atoms with Crippen molar-refractivity contribution in [3.8, 4) is 0 Å². The van der Waals surface area contributed by atoms with Gasteiger partial charge in [-0.3, -0.25) is 4.79 Å². The van der Waals surface area contributed by atoms with E-state index in [1.165, 1.54) is 5.56 Å². The summed E-state index contributed by atoms with van der Waals surface area (Å²) in [5, 5.41) is 0. The molecule has 0 aromatic heterocycles. The van der Waals surface area contributed by atoms with Crippen LogP contribution in [0.25, 0.3) is 0 Å². The van der Waals surface area contributed by atoms with Crippen molar-refractivity contribution in [1.29, 1.82) is 0 Å². The van der Waals surface area contributed by atoms with Crippen molar-refractivity contribution in [2.45, 2.75) is 26.2 Å². The van der Waals surface area contributed by atoms with Gasteiger partial charge in [-0.25, -0.2) is 0 Å². The summed E-state index contributed by atoms with van der Waals surface area (Å²) in [6.45, 7) is 7.56. The lowest BCUT2D eigenvalue weighted by Gasteiger charge is -2.29. The van der Waals surface area contributed by atoms with Gasteiger partial charge in [-0.1, -0.05) is 68.2 Å². The molecule has 2 aromatic rings. The van der Waals surface area contributed by atoms with Crippen molar-refractivity contribution in [3.63, 3.8) is 0 Å². The second-order valence-electron chi connectivity index (χ2n) is 6.57. The minimum Gasteiger partial charge on any atom is -0.337 e. The second-order valence-corrected chi connectivity index (χ2v) is 12.0. The quantitative estimate of drug-likeness (QED) is 0.757. The van der Waals surface area contributed by atoms with Crippen molar-refractivity contribution in [1.82, 2.24) is 4.90 Å². The normalized spacial score (nSPS) is 11.2. The van der Waals surface area contributed by atoms with Crippen LogP contribution in [0.2, 0.25) is 19.6 Å². The molecule has 0 unspecified atom stereocenters. The van der Waals surface area contributed by atoms with Crippen LogP contribution < -0.4 is 0 Å². The second kappa shape index (κ2) is 6.72. The molecule has 21 heavy (non-hydrogen) atoms. The van der Waals surface area contributed by atoms with Crippen LogP contribution in [0.1, 0.15) is 15.9 Å². The van der Waals surface area contributed by atoms with Crippen LogP contribution in [0.3, 0.4) is 0 Å². The molecule has 0 fully saturated rings. The van der Waals surface area contributed by atoms with Gasteiger partial charge in [-0.05, 0) is 17.7 Å². The molecule has 0 bridgehead atoms. The molecule has 0 radical (unpaired) electrons. The number of hydrogen-bond acceptors (Lipinski definition) is 1. The van der Waals surface area contributed by atoms with Gasteiger partial charge in [0.2, 0.25) is 0 Å². The third kappa shape index (κ3) is 4.87. The molecule has 0 heterocycles. The Morgan fingerprint density at radius 1 is 0.905 bits per heavy atom. The molecular weight excluding hydrogens is 274 g/mol. The summed E-state index contributed by atoms with van der Waals surface area (Å²) >= 11 is 0. The summed E-state index contributed by atoms with van der Waals surface area (Å²) in [6.07, 6.45) is 0.871. The van der Waals surface area contributed by atoms with Crippen LogP contribution in [0.5, 0.6) is 0 Å². The van der Waals surface area contributed by atoms with Gasteiger partial charge in [-0.2, -0.15) is 0 Å². The Morgan fingerprint density at radius 3 is 1.95 bits per heavy atom. The van der Waals surface area contributed by atoms with E-state index in [0.29, 0.717) is 6.54 Å². The van der Waals surface area contributed by atoms with Gasteiger partial charge < -0.3 is 4.90 Å². The number of carbonyl (C=O) groups is 1. The molecule has 1 amide bonds. The summed E-state index contributed by atoms with van der Waals surface area (Å²) in [5.41, 5.74) is 1.95. The van der Waals surface area contributed by atoms with E-state index in [2.05, 4.69) is 31.8 Å². The van der Waals surface area contributed by atoms with Crippen molar-refractivity contribution in [2.24, 2.45) is 0 Å². The highest BCUT2D eigenvalue weighted by Gasteiger charge is 2.23. The first-order valence-corrected chi connectivity index (χ1v) is 11.0. The molecule has 0 aliphatic rings. The molecular formula is C18H23NOSi. The third-order valence-electron chi connectivity index (χ3n) is 3.19. The fourth-order valence-corrected chi connectivity index (χ4v) is 3.74. The Kier molecular flexibility index (Phi) is 4.97. The van der Waals surface area contributed by atoms with Crippen molar-refractivity contribution in [3.05, 3.63) is 71.8 Å². The first-order valence-electron chi connectivity index (χ1n) is 7.34. The fraction of sp³-hybridized carbons (Fsp3) is 0.278. The predicted octanol–water partition coefficient (Wildman–Crippen LogP) is 4.21. The molecule has 2 aromatic carbocycles. The number of carbonyl (C=O) groups excluding carboxylic acids is 1. The topological polar surface area (TPSA) is 20.3 Å². The maximum absolute atomic E-state index is 12.8. The Hall–Kier alpha value is -1.87. The first-order chi connectivity index (χ1) is 9.96. The number of benzene rings is 2. The van der Waals surface area contributed by atoms with Crippen LogP contribution in [0.15, 0.2) is 60.7 Å². The summed E-state index contributed by atoms with van der Waals surface area (Å²) in [6, 6.07) is 19.8. The van der Waals surface area contributed by atoms with Crippen molar-refractivity contribution in [2.75, 3.05) is 6.17 Å². The van der Waals surface area contributed by atoms with E-state index in [-0.39, 0.29) is 5.91 Å². The summed E-state index contributed by atoms with van der Waals surface area (Å²) < 4.78 is 0. The Labute approximate surface area is 128 Å².